The second kappa shape index (κ2) is 5.50. The van der Waals surface area contributed by atoms with Gasteiger partial charge in [-0.15, -0.1) is 0 Å². The summed E-state index contributed by atoms with van der Waals surface area (Å²) >= 11 is 5.75. The maximum Gasteiger partial charge on any atom is 0.417 e. The second-order valence-electron chi connectivity index (χ2n) is 3.50. The van der Waals surface area contributed by atoms with Crippen LogP contribution in [0.5, 0.6) is 0 Å². The molecule has 7 heteroatoms. The first-order valence-electron chi connectivity index (χ1n) is 4.88. The highest BCUT2D eigenvalue weighted by atomic mass is 35.5. The summed E-state index contributed by atoms with van der Waals surface area (Å²) in [6.45, 7) is 1.36. The van der Waals surface area contributed by atoms with E-state index in [-0.39, 0.29) is 21.0 Å². The van der Waals surface area contributed by atoms with Gasteiger partial charge in [-0.05, 0) is 30.7 Å². The van der Waals surface area contributed by atoms with Gasteiger partial charge in [0.15, 0.2) is 0 Å². The Bertz CT molecular complexity index is 488. The molecular weight excluding hydrogens is 262 g/mol. The van der Waals surface area contributed by atoms with Crippen molar-refractivity contribution in [1.29, 1.82) is 0 Å². The first-order valence-corrected chi connectivity index (χ1v) is 5.26. The highest BCUT2D eigenvalue weighted by Gasteiger charge is 2.28. The molecule has 18 heavy (non-hydrogen) atoms. The number of carboxylic acid groups (broad SMARTS) is 2. The number of imide groups is 1. The first kappa shape index (κ1) is 14.0. The third-order valence-corrected chi connectivity index (χ3v) is 2.66. The Morgan fingerprint density at radius 3 is 2.33 bits per heavy atom. The van der Waals surface area contributed by atoms with Crippen molar-refractivity contribution >= 4 is 30.1 Å². The topological polar surface area (TPSA) is 94.9 Å². The third kappa shape index (κ3) is 2.78. The van der Waals surface area contributed by atoms with E-state index in [2.05, 4.69) is 0 Å². The molecule has 0 spiro atoms. The van der Waals surface area contributed by atoms with Crippen LogP contribution in [-0.2, 0) is 0 Å². The molecule has 1 atom stereocenters. The number of hydrogen-bond acceptors (Lipinski definition) is 3. The van der Waals surface area contributed by atoms with Crippen LogP contribution in [0.2, 0.25) is 5.02 Å². The number of carbonyl (C=O) groups excluding carboxylic acids is 1. The molecule has 0 heterocycles. The Hall–Kier alpha value is -2.08. The van der Waals surface area contributed by atoms with Crippen LogP contribution in [0.3, 0.4) is 0 Å². The Balaban J connectivity index is 3.27. The zero-order chi connectivity index (χ0) is 13.9. The molecule has 6 nitrogen and oxygen atoms in total. The van der Waals surface area contributed by atoms with E-state index in [4.69, 9.17) is 21.8 Å². The first-order chi connectivity index (χ1) is 8.38. The fourth-order valence-electron chi connectivity index (χ4n) is 1.57. The molecule has 0 aliphatic heterocycles. The van der Waals surface area contributed by atoms with Crippen molar-refractivity contribution in [3.05, 3.63) is 34.3 Å². The Kier molecular flexibility index (Phi) is 4.28. The molecule has 0 saturated carbocycles. The van der Waals surface area contributed by atoms with Crippen LogP contribution < -0.4 is 0 Å². The average molecular weight is 272 g/mol. The molecule has 0 unspecified atom stereocenters. The molecule has 1 aromatic carbocycles. The lowest BCUT2D eigenvalue weighted by Crippen LogP contribution is -2.37. The van der Waals surface area contributed by atoms with Crippen LogP contribution >= 0.6 is 11.6 Å². The summed E-state index contributed by atoms with van der Waals surface area (Å²) in [7, 11) is 0. The number of rotatable bonds is 3. The maximum absolute atomic E-state index is 10.9. The van der Waals surface area contributed by atoms with Crippen molar-refractivity contribution in [2.45, 2.75) is 13.0 Å². The molecular formula is C11H10ClNO5. The summed E-state index contributed by atoms with van der Waals surface area (Å²) in [5.74, 6) is 0. The largest absolute Gasteiger partial charge is 0.465 e. The third-order valence-electron chi connectivity index (χ3n) is 2.43. The summed E-state index contributed by atoms with van der Waals surface area (Å²) in [6.07, 6.45) is -2.72. The SMILES string of the molecule is C[C@H](c1cc(Cl)ccc1C=O)N(C(=O)O)C(=O)O. The molecule has 2 amide bonds. The number of amides is 2. The summed E-state index contributed by atoms with van der Waals surface area (Å²) in [5, 5.41) is 18.0. The van der Waals surface area contributed by atoms with E-state index in [1.807, 2.05) is 0 Å². The summed E-state index contributed by atoms with van der Waals surface area (Å²) in [4.78, 5) is 32.8. The van der Waals surface area contributed by atoms with Gasteiger partial charge in [0.25, 0.3) is 0 Å². The molecule has 0 saturated heterocycles. The summed E-state index contributed by atoms with van der Waals surface area (Å²) < 4.78 is 0. The molecule has 2 N–H and O–H groups in total. The van der Waals surface area contributed by atoms with E-state index in [0.717, 1.165) is 0 Å². The standard InChI is InChI=1S/C11H10ClNO5/c1-6(13(10(15)16)11(17)18)9-4-8(12)3-2-7(9)5-14/h2-6H,1H3,(H,15,16)(H,17,18)/t6-/m1/s1. The molecule has 0 radical (unpaired) electrons. The van der Waals surface area contributed by atoms with Gasteiger partial charge in [-0.25, -0.2) is 14.5 Å². The molecule has 96 valence electrons. The van der Waals surface area contributed by atoms with Gasteiger partial charge in [-0.2, -0.15) is 0 Å². The normalized spacial score (nSPS) is 11.7. The van der Waals surface area contributed by atoms with E-state index in [1.54, 1.807) is 0 Å². The average Bonchev–Trinajstić information content (AvgIpc) is 2.27. The van der Waals surface area contributed by atoms with E-state index in [9.17, 15) is 14.4 Å². The van der Waals surface area contributed by atoms with Gasteiger partial charge in [0.1, 0.15) is 6.29 Å². The van der Waals surface area contributed by atoms with Crippen LogP contribution in [0.25, 0.3) is 0 Å². The van der Waals surface area contributed by atoms with Gasteiger partial charge in [0.05, 0.1) is 6.04 Å². The Labute approximate surface area is 107 Å². The smallest absolute Gasteiger partial charge is 0.417 e. The van der Waals surface area contributed by atoms with Crippen molar-refractivity contribution in [3.8, 4) is 0 Å². The number of benzene rings is 1. The fourth-order valence-corrected chi connectivity index (χ4v) is 1.75. The van der Waals surface area contributed by atoms with Crippen LogP contribution in [-0.4, -0.2) is 33.6 Å². The lowest BCUT2D eigenvalue weighted by molar-refractivity contribution is 0.106. The van der Waals surface area contributed by atoms with Gasteiger partial charge in [0, 0.05) is 10.6 Å². The number of halogens is 1. The molecule has 0 aliphatic carbocycles. The lowest BCUT2D eigenvalue weighted by atomic mass is 10.0. The summed E-state index contributed by atoms with van der Waals surface area (Å²) in [5.41, 5.74) is 0.432. The monoisotopic (exact) mass is 271 g/mol. The Morgan fingerprint density at radius 1 is 1.33 bits per heavy atom. The van der Waals surface area contributed by atoms with Crippen molar-refractivity contribution in [2.75, 3.05) is 0 Å². The number of hydrogen-bond donors (Lipinski definition) is 2. The highest BCUT2D eigenvalue weighted by molar-refractivity contribution is 6.30. The molecule has 0 aliphatic rings. The minimum absolute atomic E-state index is 0.194. The minimum atomic E-state index is -1.62. The van der Waals surface area contributed by atoms with Crippen LogP contribution in [0, 0.1) is 0 Å². The number of aldehydes is 1. The van der Waals surface area contributed by atoms with E-state index in [0.29, 0.717) is 6.29 Å². The number of nitrogens with zero attached hydrogens (tertiary/aromatic N) is 1. The van der Waals surface area contributed by atoms with Crippen LogP contribution in [0.15, 0.2) is 18.2 Å². The predicted molar refractivity (Wildman–Crippen MR) is 63.1 cm³/mol. The van der Waals surface area contributed by atoms with Gasteiger partial charge in [-0.3, -0.25) is 4.79 Å². The van der Waals surface area contributed by atoms with Gasteiger partial charge >= 0.3 is 12.2 Å². The quantitative estimate of drug-likeness (QED) is 0.824. The second-order valence-corrected chi connectivity index (χ2v) is 3.94. The van der Waals surface area contributed by atoms with Crippen molar-refractivity contribution < 1.29 is 24.6 Å². The minimum Gasteiger partial charge on any atom is -0.465 e. The van der Waals surface area contributed by atoms with Gasteiger partial charge < -0.3 is 10.2 Å². The number of carbonyl (C=O) groups is 3. The predicted octanol–water partition coefficient (Wildman–Crippen LogP) is 2.87. The molecule has 1 rings (SSSR count). The van der Waals surface area contributed by atoms with Gasteiger partial charge in [-0.1, -0.05) is 11.6 Å². The zero-order valence-electron chi connectivity index (χ0n) is 9.33. The van der Waals surface area contributed by atoms with E-state index >= 15 is 0 Å². The fraction of sp³-hybridized carbons (Fsp3) is 0.182. The van der Waals surface area contributed by atoms with Crippen LogP contribution in [0.4, 0.5) is 9.59 Å². The molecule has 0 aromatic heterocycles. The molecule has 0 bridgehead atoms. The van der Waals surface area contributed by atoms with Gasteiger partial charge in [0.2, 0.25) is 0 Å². The lowest BCUT2D eigenvalue weighted by Gasteiger charge is -2.23. The highest BCUT2D eigenvalue weighted by Crippen LogP contribution is 2.26. The van der Waals surface area contributed by atoms with Crippen molar-refractivity contribution in [2.24, 2.45) is 0 Å². The van der Waals surface area contributed by atoms with E-state index < -0.39 is 18.2 Å². The van der Waals surface area contributed by atoms with Crippen molar-refractivity contribution in [3.63, 3.8) is 0 Å². The maximum atomic E-state index is 10.9. The summed E-state index contributed by atoms with van der Waals surface area (Å²) in [6, 6.07) is 3.21. The van der Waals surface area contributed by atoms with Crippen molar-refractivity contribution in [1.82, 2.24) is 4.90 Å². The molecule has 1 aromatic rings. The Morgan fingerprint density at radius 2 is 1.89 bits per heavy atom. The molecule has 0 fully saturated rings. The zero-order valence-corrected chi connectivity index (χ0v) is 10.1. The van der Waals surface area contributed by atoms with Crippen LogP contribution in [0.1, 0.15) is 28.9 Å². The van der Waals surface area contributed by atoms with E-state index in [1.165, 1.54) is 25.1 Å².